The van der Waals surface area contributed by atoms with Crippen molar-refractivity contribution in [3.8, 4) is 17.2 Å². The lowest BCUT2D eigenvalue weighted by molar-refractivity contribution is 0.348. The Bertz CT molecular complexity index is 582. The van der Waals surface area contributed by atoms with E-state index in [0.717, 1.165) is 17.7 Å². The van der Waals surface area contributed by atoms with Crippen LogP contribution in [0, 0.1) is 5.92 Å². The molecule has 1 aliphatic heterocycles. The molecule has 0 fully saturated rings. The van der Waals surface area contributed by atoms with Gasteiger partial charge in [0.15, 0.2) is 11.5 Å². The van der Waals surface area contributed by atoms with Gasteiger partial charge >= 0.3 is 0 Å². The molecule has 0 spiro atoms. The standard InChI is InChI=1S/C15H21N3O3/c1-5-9-6-14(16)17-18-15(9)10-7-12(20-3)13(21-4)8-11(10)19-2/h7-9H,5-6H2,1-4H3,(H2,16,17). The maximum Gasteiger partial charge on any atom is 0.164 e. The van der Waals surface area contributed by atoms with Crippen LogP contribution in [0.4, 0.5) is 0 Å². The third-order valence-corrected chi connectivity index (χ3v) is 3.60. The molecule has 2 N–H and O–H groups in total. The first-order chi connectivity index (χ1) is 10.1. The van der Waals surface area contributed by atoms with Crippen LogP contribution in [0.15, 0.2) is 22.3 Å². The molecule has 1 aromatic rings. The molecule has 21 heavy (non-hydrogen) atoms. The first kappa shape index (κ1) is 15.2. The van der Waals surface area contributed by atoms with Crippen LogP contribution >= 0.6 is 0 Å². The summed E-state index contributed by atoms with van der Waals surface area (Å²) in [6.07, 6.45) is 1.62. The molecule has 1 aliphatic rings. The smallest absolute Gasteiger partial charge is 0.164 e. The normalized spacial score (nSPS) is 17.8. The predicted octanol–water partition coefficient (Wildman–Crippen LogP) is 2.20. The van der Waals surface area contributed by atoms with Crippen LogP contribution in [0.5, 0.6) is 17.2 Å². The van der Waals surface area contributed by atoms with Gasteiger partial charge in [-0.05, 0) is 12.5 Å². The second-order valence-corrected chi connectivity index (χ2v) is 4.79. The van der Waals surface area contributed by atoms with Crippen LogP contribution in [0.3, 0.4) is 0 Å². The highest BCUT2D eigenvalue weighted by molar-refractivity contribution is 6.08. The topological polar surface area (TPSA) is 78.4 Å². The molecule has 1 aromatic carbocycles. The number of amidine groups is 1. The fraction of sp³-hybridized carbons (Fsp3) is 0.467. The van der Waals surface area contributed by atoms with E-state index < -0.39 is 0 Å². The summed E-state index contributed by atoms with van der Waals surface area (Å²) in [4.78, 5) is 0. The van der Waals surface area contributed by atoms with Gasteiger partial charge in [0.2, 0.25) is 0 Å². The largest absolute Gasteiger partial charge is 0.496 e. The highest BCUT2D eigenvalue weighted by atomic mass is 16.5. The van der Waals surface area contributed by atoms with Gasteiger partial charge in [0.1, 0.15) is 11.6 Å². The third-order valence-electron chi connectivity index (χ3n) is 3.60. The lowest BCUT2D eigenvalue weighted by Crippen LogP contribution is -2.27. The molecule has 1 atom stereocenters. The van der Waals surface area contributed by atoms with Crippen molar-refractivity contribution in [3.63, 3.8) is 0 Å². The maximum atomic E-state index is 5.78. The monoisotopic (exact) mass is 291 g/mol. The van der Waals surface area contributed by atoms with Crippen LogP contribution < -0.4 is 19.9 Å². The molecule has 0 aromatic heterocycles. The van der Waals surface area contributed by atoms with E-state index in [1.807, 2.05) is 6.07 Å². The van der Waals surface area contributed by atoms with Crippen LogP contribution in [-0.2, 0) is 0 Å². The SMILES string of the molecule is CCC1CC(N)=NN=C1c1cc(OC)c(OC)cc1OC. The quantitative estimate of drug-likeness (QED) is 0.902. The number of rotatable bonds is 5. The van der Waals surface area contributed by atoms with E-state index in [9.17, 15) is 0 Å². The predicted molar refractivity (Wildman–Crippen MR) is 82.7 cm³/mol. The van der Waals surface area contributed by atoms with E-state index in [-0.39, 0.29) is 5.92 Å². The zero-order chi connectivity index (χ0) is 15.4. The molecule has 6 heteroatoms. The highest BCUT2D eigenvalue weighted by Gasteiger charge is 2.25. The van der Waals surface area contributed by atoms with Gasteiger partial charge in [0.05, 0.1) is 27.0 Å². The van der Waals surface area contributed by atoms with Crippen LogP contribution in [0.1, 0.15) is 25.3 Å². The van der Waals surface area contributed by atoms with Crippen LogP contribution in [0.25, 0.3) is 0 Å². The van der Waals surface area contributed by atoms with Crippen molar-refractivity contribution in [3.05, 3.63) is 17.7 Å². The summed E-state index contributed by atoms with van der Waals surface area (Å²) in [5.74, 6) is 2.71. The van der Waals surface area contributed by atoms with Crippen LogP contribution in [0.2, 0.25) is 0 Å². The fourth-order valence-electron chi connectivity index (χ4n) is 2.43. The lowest BCUT2D eigenvalue weighted by atomic mass is 9.89. The van der Waals surface area contributed by atoms with Crippen molar-refractivity contribution in [1.29, 1.82) is 0 Å². The molecule has 1 heterocycles. The zero-order valence-electron chi connectivity index (χ0n) is 12.8. The van der Waals surface area contributed by atoms with Crippen molar-refractivity contribution in [1.82, 2.24) is 0 Å². The minimum absolute atomic E-state index is 0.217. The Morgan fingerprint density at radius 1 is 1.05 bits per heavy atom. The van der Waals surface area contributed by atoms with Gasteiger partial charge in [0.25, 0.3) is 0 Å². The van der Waals surface area contributed by atoms with Gasteiger partial charge in [-0.25, -0.2) is 0 Å². The zero-order valence-corrected chi connectivity index (χ0v) is 12.8. The van der Waals surface area contributed by atoms with Crippen molar-refractivity contribution >= 4 is 11.5 Å². The van der Waals surface area contributed by atoms with Crippen LogP contribution in [-0.4, -0.2) is 32.9 Å². The van der Waals surface area contributed by atoms with E-state index in [0.29, 0.717) is 29.5 Å². The molecule has 0 aliphatic carbocycles. The first-order valence-corrected chi connectivity index (χ1v) is 6.84. The minimum atomic E-state index is 0.217. The Morgan fingerprint density at radius 3 is 2.24 bits per heavy atom. The van der Waals surface area contributed by atoms with Crippen molar-refractivity contribution in [2.75, 3.05) is 21.3 Å². The average Bonchev–Trinajstić information content (AvgIpc) is 2.53. The Morgan fingerprint density at radius 2 is 1.67 bits per heavy atom. The average molecular weight is 291 g/mol. The van der Waals surface area contributed by atoms with Gasteiger partial charge in [-0.3, -0.25) is 0 Å². The molecule has 0 amide bonds. The highest BCUT2D eigenvalue weighted by Crippen LogP contribution is 2.37. The number of ether oxygens (including phenoxy) is 3. The van der Waals surface area contributed by atoms with E-state index in [1.54, 1.807) is 27.4 Å². The van der Waals surface area contributed by atoms with Gasteiger partial charge in [-0.2, -0.15) is 5.10 Å². The summed E-state index contributed by atoms with van der Waals surface area (Å²) < 4.78 is 16.1. The summed E-state index contributed by atoms with van der Waals surface area (Å²) >= 11 is 0. The molecule has 0 radical (unpaired) electrons. The fourth-order valence-corrected chi connectivity index (χ4v) is 2.43. The number of nitrogens with zero attached hydrogens (tertiary/aromatic N) is 2. The molecule has 0 saturated carbocycles. The number of hydrogen-bond acceptors (Lipinski definition) is 6. The van der Waals surface area contributed by atoms with E-state index in [4.69, 9.17) is 19.9 Å². The van der Waals surface area contributed by atoms with Gasteiger partial charge in [0, 0.05) is 24.0 Å². The molecule has 2 rings (SSSR count). The van der Waals surface area contributed by atoms with Gasteiger partial charge in [-0.1, -0.05) is 6.92 Å². The Hall–Kier alpha value is -2.24. The van der Waals surface area contributed by atoms with E-state index in [1.165, 1.54) is 0 Å². The summed E-state index contributed by atoms with van der Waals surface area (Å²) in [5.41, 5.74) is 7.51. The number of hydrogen-bond donors (Lipinski definition) is 1. The Balaban J connectivity index is 2.56. The Kier molecular flexibility index (Phi) is 4.67. The minimum Gasteiger partial charge on any atom is -0.496 e. The third kappa shape index (κ3) is 2.94. The van der Waals surface area contributed by atoms with Gasteiger partial charge in [-0.15, -0.1) is 5.10 Å². The lowest BCUT2D eigenvalue weighted by Gasteiger charge is -2.22. The first-order valence-electron chi connectivity index (χ1n) is 6.84. The molecule has 114 valence electrons. The molecular formula is C15H21N3O3. The molecule has 0 saturated heterocycles. The second-order valence-electron chi connectivity index (χ2n) is 4.79. The molecule has 1 unspecified atom stereocenters. The number of nitrogens with two attached hydrogens (primary N) is 1. The summed E-state index contributed by atoms with van der Waals surface area (Å²) in [5, 5.41) is 8.29. The Labute approximate surface area is 124 Å². The van der Waals surface area contributed by atoms with E-state index >= 15 is 0 Å². The number of methoxy groups -OCH3 is 3. The summed E-state index contributed by atoms with van der Waals surface area (Å²) in [6, 6.07) is 3.67. The molecule has 6 nitrogen and oxygen atoms in total. The van der Waals surface area contributed by atoms with E-state index in [2.05, 4.69) is 17.1 Å². The molecule has 0 bridgehead atoms. The second kappa shape index (κ2) is 6.47. The number of benzene rings is 1. The molecular weight excluding hydrogens is 270 g/mol. The van der Waals surface area contributed by atoms with Crippen molar-refractivity contribution < 1.29 is 14.2 Å². The summed E-state index contributed by atoms with van der Waals surface area (Å²) in [6.45, 7) is 2.10. The van der Waals surface area contributed by atoms with Crippen molar-refractivity contribution in [2.24, 2.45) is 21.9 Å². The summed E-state index contributed by atoms with van der Waals surface area (Å²) in [7, 11) is 4.81. The van der Waals surface area contributed by atoms with Gasteiger partial charge < -0.3 is 19.9 Å². The maximum absolute atomic E-state index is 5.78. The van der Waals surface area contributed by atoms with Crippen molar-refractivity contribution in [2.45, 2.75) is 19.8 Å².